The Morgan fingerprint density at radius 1 is 1.29 bits per heavy atom. The Hall–Kier alpha value is -3.60. The number of thioether (sulfide) groups is 1. The zero-order valence-corrected chi connectivity index (χ0v) is 18.3. The van der Waals surface area contributed by atoms with Gasteiger partial charge in [-0.2, -0.15) is 20.7 Å². The van der Waals surface area contributed by atoms with Crippen molar-refractivity contribution in [2.45, 2.75) is 36.0 Å². The molecule has 4 rings (SSSR count). The summed E-state index contributed by atoms with van der Waals surface area (Å²) in [6.45, 7) is 0.309. The van der Waals surface area contributed by atoms with Crippen LogP contribution in [0.4, 0.5) is 23.7 Å². The lowest BCUT2D eigenvalue weighted by molar-refractivity contribution is -0.159. The van der Waals surface area contributed by atoms with Crippen LogP contribution in [-0.2, 0) is 15.1 Å². The predicted molar refractivity (Wildman–Crippen MR) is 113 cm³/mol. The van der Waals surface area contributed by atoms with Gasteiger partial charge in [0.05, 0.1) is 17.3 Å². The third kappa shape index (κ3) is 4.84. The number of H-pyrrole nitrogens is 1. The Morgan fingerprint density at radius 3 is 2.71 bits per heavy atom. The molecule has 3 N–H and O–H groups in total. The van der Waals surface area contributed by atoms with Crippen molar-refractivity contribution >= 4 is 34.5 Å². The number of benzene rings is 1. The summed E-state index contributed by atoms with van der Waals surface area (Å²) in [6, 6.07) is 5.27. The average molecular weight is 493 g/mol. The maximum Gasteiger partial charge on any atom is 0.311 e. The second kappa shape index (κ2) is 8.98. The van der Waals surface area contributed by atoms with Crippen molar-refractivity contribution in [1.29, 1.82) is 5.26 Å². The van der Waals surface area contributed by atoms with Gasteiger partial charge in [0.2, 0.25) is 0 Å². The zero-order chi connectivity index (χ0) is 24.5. The molecule has 1 aromatic heterocycles. The summed E-state index contributed by atoms with van der Waals surface area (Å²) in [7, 11) is 0. The number of hydrogen-bond donors (Lipinski definition) is 3. The van der Waals surface area contributed by atoms with Gasteiger partial charge in [-0.05, 0) is 24.6 Å². The summed E-state index contributed by atoms with van der Waals surface area (Å²) in [4.78, 5) is 38.7. The topological polar surface area (TPSA) is 144 Å². The molecule has 1 saturated carbocycles. The van der Waals surface area contributed by atoms with Crippen molar-refractivity contribution in [2.75, 3.05) is 18.4 Å². The van der Waals surface area contributed by atoms with Crippen molar-refractivity contribution in [3.05, 3.63) is 41.5 Å². The van der Waals surface area contributed by atoms with E-state index < -0.39 is 47.2 Å². The maximum atomic E-state index is 13.6. The molecule has 0 spiro atoms. The Labute approximate surface area is 195 Å². The van der Waals surface area contributed by atoms with Crippen molar-refractivity contribution in [3.63, 3.8) is 0 Å². The van der Waals surface area contributed by atoms with Gasteiger partial charge in [0.1, 0.15) is 17.6 Å². The van der Waals surface area contributed by atoms with E-state index in [1.807, 2.05) is 0 Å². The van der Waals surface area contributed by atoms with Crippen LogP contribution in [0, 0.1) is 17.1 Å². The number of nitriles is 1. The SMILES string of the molecule is N#Cc1cc(NC(=O)SC2CCN(C(=O)C(=O)NC3(c4cn[nH]n4)CC(F)(F)C3)C2)ccc1F. The van der Waals surface area contributed by atoms with Crippen LogP contribution in [0.3, 0.4) is 0 Å². The van der Waals surface area contributed by atoms with Crippen LogP contribution in [0.5, 0.6) is 0 Å². The van der Waals surface area contributed by atoms with Crippen LogP contribution in [0.15, 0.2) is 24.4 Å². The molecule has 0 bridgehead atoms. The second-order valence-corrected chi connectivity index (χ2v) is 9.37. The summed E-state index contributed by atoms with van der Waals surface area (Å²) >= 11 is 0.905. The van der Waals surface area contributed by atoms with E-state index in [0.717, 1.165) is 17.8 Å². The lowest BCUT2D eigenvalue weighted by Gasteiger charge is -2.46. The highest BCUT2D eigenvalue weighted by Crippen LogP contribution is 2.50. The molecule has 2 aromatic rings. The summed E-state index contributed by atoms with van der Waals surface area (Å²) in [6.07, 6.45) is 0.264. The number of carbonyl (C=O) groups is 3. The van der Waals surface area contributed by atoms with Crippen LogP contribution < -0.4 is 10.6 Å². The van der Waals surface area contributed by atoms with Crippen LogP contribution >= 0.6 is 11.8 Å². The summed E-state index contributed by atoms with van der Waals surface area (Å²) < 4.78 is 40.6. The first kappa shape index (κ1) is 23.6. The number of amides is 3. The number of carbonyl (C=O) groups excluding carboxylic acids is 3. The molecule has 178 valence electrons. The standard InChI is InChI=1S/C20H18F3N7O3S/c21-14-2-1-12(5-11(14)6-24)26-18(33)34-13-3-4-30(8-13)17(32)16(31)27-19(9-20(22,23)10-19)15-7-25-29-28-15/h1-2,5,7,13H,3-4,8-10H2,(H,26,33)(H,27,31)(H,25,28,29). The van der Waals surface area contributed by atoms with Gasteiger partial charge in [-0.15, -0.1) is 0 Å². The summed E-state index contributed by atoms with van der Waals surface area (Å²) in [5.74, 6) is -5.62. The van der Waals surface area contributed by atoms with Crippen LogP contribution in [-0.4, -0.2) is 61.6 Å². The molecular weight excluding hydrogens is 475 g/mol. The molecule has 1 aromatic carbocycles. The zero-order valence-electron chi connectivity index (χ0n) is 17.5. The number of nitrogens with one attached hydrogen (secondary N) is 3. The first-order chi connectivity index (χ1) is 16.1. The van der Waals surface area contributed by atoms with Gasteiger partial charge in [-0.3, -0.25) is 14.4 Å². The van der Waals surface area contributed by atoms with E-state index in [0.29, 0.717) is 6.42 Å². The fourth-order valence-corrected chi connectivity index (χ4v) is 4.96. The molecule has 10 nitrogen and oxygen atoms in total. The molecule has 1 saturated heterocycles. The third-order valence-electron chi connectivity index (χ3n) is 5.61. The monoisotopic (exact) mass is 493 g/mol. The maximum absolute atomic E-state index is 13.6. The quantitative estimate of drug-likeness (QED) is 0.554. The molecule has 2 aliphatic rings. The number of rotatable bonds is 4. The summed E-state index contributed by atoms with van der Waals surface area (Å²) in [5.41, 5.74) is -1.32. The molecule has 34 heavy (non-hydrogen) atoms. The fourth-order valence-electron chi connectivity index (χ4n) is 4.01. The van der Waals surface area contributed by atoms with E-state index in [1.165, 1.54) is 23.2 Å². The number of halogens is 3. The van der Waals surface area contributed by atoms with E-state index in [-0.39, 0.29) is 35.3 Å². The number of aromatic amines is 1. The van der Waals surface area contributed by atoms with Crippen molar-refractivity contribution in [2.24, 2.45) is 0 Å². The Bertz CT molecular complexity index is 1160. The van der Waals surface area contributed by atoms with Gasteiger partial charge in [0.15, 0.2) is 0 Å². The van der Waals surface area contributed by atoms with Crippen molar-refractivity contribution < 1.29 is 27.6 Å². The number of aromatic nitrogens is 3. The van der Waals surface area contributed by atoms with E-state index >= 15 is 0 Å². The second-order valence-electron chi connectivity index (χ2n) is 8.10. The highest BCUT2D eigenvalue weighted by atomic mass is 32.2. The molecule has 3 amide bonds. The fraction of sp³-hybridized carbons (Fsp3) is 0.400. The number of likely N-dealkylation sites (tertiary alicyclic amines) is 1. The lowest BCUT2D eigenvalue weighted by Crippen LogP contribution is -2.62. The molecule has 2 heterocycles. The molecule has 0 radical (unpaired) electrons. The van der Waals surface area contributed by atoms with E-state index in [9.17, 15) is 27.6 Å². The lowest BCUT2D eigenvalue weighted by atomic mass is 9.71. The smallest absolute Gasteiger partial charge is 0.311 e. The largest absolute Gasteiger partial charge is 0.336 e. The first-order valence-corrected chi connectivity index (χ1v) is 11.0. The number of alkyl halides is 2. The van der Waals surface area contributed by atoms with Crippen LogP contribution in [0.25, 0.3) is 0 Å². The highest BCUT2D eigenvalue weighted by molar-refractivity contribution is 8.14. The first-order valence-electron chi connectivity index (χ1n) is 10.1. The van der Waals surface area contributed by atoms with E-state index in [1.54, 1.807) is 6.07 Å². The molecule has 1 atom stereocenters. The van der Waals surface area contributed by atoms with Gasteiger partial charge in [0, 0.05) is 36.9 Å². The van der Waals surface area contributed by atoms with Gasteiger partial charge in [0.25, 0.3) is 11.2 Å². The average Bonchev–Trinajstić information content (AvgIpc) is 3.45. The Kier molecular flexibility index (Phi) is 6.22. The minimum Gasteiger partial charge on any atom is -0.336 e. The Balaban J connectivity index is 1.31. The number of nitrogens with zero attached hydrogens (tertiary/aromatic N) is 4. The number of hydrogen-bond acceptors (Lipinski definition) is 7. The Morgan fingerprint density at radius 2 is 2.06 bits per heavy atom. The molecule has 1 unspecified atom stereocenters. The number of anilines is 1. The van der Waals surface area contributed by atoms with Crippen LogP contribution in [0.2, 0.25) is 0 Å². The summed E-state index contributed by atoms with van der Waals surface area (Å²) in [5, 5.41) is 22.7. The van der Waals surface area contributed by atoms with Gasteiger partial charge < -0.3 is 15.5 Å². The predicted octanol–water partition coefficient (Wildman–Crippen LogP) is 2.12. The molecule has 2 fully saturated rings. The minimum absolute atomic E-state index is 0.102. The van der Waals surface area contributed by atoms with Gasteiger partial charge in [-0.25, -0.2) is 13.2 Å². The molecular formula is C20H18F3N7O3S. The minimum atomic E-state index is -2.99. The highest BCUT2D eigenvalue weighted by Gasteiger charge is 2.60. The molecule has 14 heteroatoms. The van der Waals surface area contributed by atoms with E-state index in [2.05, 4.69) is 26.0 Å². The van der Waals surface area contributed by atoms with E-state index in [4.69, 9.17) is 5.26 Å². The molecule has 1 aliphatic heterocycles. The van der Waals surface area contributed by atoms with Gasteiger partial charge in [-0.1, -0.05) is 11.8 Å². The van der Waals surface area contributed by atoms with Gasteiger partial charge >= 0.3 is 11.8 Å². The molecule has 1 aliphatic carbocycles. The van der Waals surface area contributed by atoms with Crippen molar-refractivity contribution in [3.8, 4) is 6.07 Å². The van der Waals surface area contributed by atoms with Crippen molar-refractivity contribution in [1.82, 2.24) is 25.6 Å². The third-order valence-corrected chi connectivity index (χ3v) is 6.65. The van der Waals surface area contributed by atoms with Crippen LogP contribution in [0.1, 0.15) is 30.5 Å². The normalized spacial score (nSPS) is 20.2.